The molecule has 0 radical (unpaired) electrons. The number of nitrogens with one attached hydrogen (secondary N) is 2. The molecule has 7 amide bonds. The minimum absolute atomic E-state index is 0.0217. The van der Waals surface area contributed by atoms with Crippen LogP contribution in [-0.4, -0.2) is 238 Å². The number of ether oxygens (including phenoxy) is 4. The highest BCUT2D eigenvalue weighted by Crippen LogP contribution is 2.29. The Morgan fingerprint density at radius 3 is 1.44 bits per heavy atom. The number of nitrogens with zero attached hydrogens (tertiary/aromatic N) is 6. The van der Waals surface area contributed by atoms with Gasteiger partial charge in [-0.25, -0.2) is 4.79 Å². The first-order valence-corrected chi connectivity index (χ1v) is 33.7. The second-order valence-corrected chi connectivity index (χ2v) is 27.9. The molecule has 0 rings (SSSR count). The maximum atomic E-state index is 15.3. The van der Waals surface area contributed by atoms with Crippen LogP contribution in [0, 0.1) is 59.2 Å². The lowest BCUT2D eigenvalue weighted by Gasteiger charge is -2.42. The zero-order valence-electron chi connectivity index (χ0n) is 62.2. The van der Waals surface area contributed by atoms with E-state index in [-0.39, 0.29) is 124 Å². The Bertz CT molecular complexity index is 2500. The van der Waals surface area contributed by atoms with Crippen molar-refractivity contribution in [2.24, 2.45) is 59.2 Å². The lowest BCUT2D eigenvalue weighted by atomic mass is 9.84. The van der Waals surface area contributed by atoms with E-state index in [2.05, 4.69) is 10.6 Å². The number of esters is 2. The van der Waals surface area contributed by atoms with Crippen LogP contribution in [0.4, 0.5) is 0 Å². The molecule has 0 aromatic carbocycles. The van der Waals surface area contributed by atoms with Gasteiger partial charge in [0.25, 0.3) is 0 Å². The minimum atomic E-state index is -1.55. The number of carbonyl (C=O) groups is 12. The molecular weight excluding hydrogens is 1210 g/mol. The van der Waals surface area contributed by atoms with Gasteiger partial charge in [0, 0.05) is 113 Å². The Hall–Kier alpha value is -6.14. The Labute approximate surface area is 563 Å². The van der Waals surface area contributed by atoms with Crippen molar-refractivity contribution in [1.29, 1.82) is 0 Å². The number of hydrogen-bond acceptors (Lipinski definition) is 17. The van der Waals surface area contributed by atoms with Crippen LogP contribution in [0.5, 0.6) is 0 Å². The first kappa shape index (κ1) is 87.9. The molecule has 540 valence electrons. The number of ketones is 3. The van der Waals surface area contributed by atoms with E-state index in [1.807, 2.05) is 61.5 Å². The van der Waals surface area contributed by atoms with Crippen LogP contribution in [0.25, 0.3) is 0 Å². The quantitative estimate of drug-likeness (QED) is 0.0501. The molecule has 94 heavy (non-hydrogen) atoms. The summed E-state index contributed by atoms with van der Waals surface area (Å²) in [5, 5.41) is 5.79. The fourth-order valence-electron chi connectivity index (χ4n) is 11.9. The van der Waals surface area contributed by atoms with Crippen LogP contribution < -0.4 is 10.6 Å². The average Bonchev–Trinajstić information content (AvgIpc) is 0.803. The van der Waals surface area contributed by atoms with Gasteiger partial charge in [0.15, 0.2) is 11.6 Å². The van der Waals surface area contributed by atoms with Crippen LogP contribution in [0.2, 0.25) is 0 Å². The number of methoxy groups -OCH3 is 2. The number of allylic oxidation sites excluding steroid dienone is 2. The second kappa shape index (κ2) is 43.1. The summed E-state index contributed by atoms with van der Waals surface area (Å²) in [7, 11) is 13.6. The molecule has 0 bridgehead atoms. The van der Waals surface area contributed by atoms with Crippen molar-refractivity contribution in [3.05, 3.63) is 12.2 Å². The number of likely N-dealkylation sites (N-methyl/N-ethyl adjacent to an activating group) is 7. The van der Waals surface area contributed by atoms with E-state index < -0.39 is 119 Å². The van der Waals surface area contributed by atoms with Gasteiger partial charge < -0.3 is 59.0 Å². The Kier molecular flexibility index (Phi) is 40.3. The van der Waals surface area contributed by atoms with Gasteiger partial charge in [-0.1, -0.05) is 109 Å². The Morgan fingerprint density at radius 2 is 1.00 bits per heavy atom. The topological polar surface area (TPSA) is 285 Å². The molecule has 0 unspecified atom stereocenters. The number of carbonyl (C=O) groups excluding carboxylic acids is 12. The minimum Gasteiger partial charge on any atom is -0.462 e. The smallest absolute Gasteiger partial charge is 0.328 e. The lowest BCUT2D eigenvalue weighted by Crippen LogP contribution is -2.63. The van der Waals surface area contributed by atoms with Gasteiger partial charge in [0.2, 0.25) is 41.4 Å². The summed E-state index contributed by atoms with van der Waals surface area (Å²) in [5.74, 6) is -10.9. The first-order valence-electron chi connectivity index (χ1n) is 33.7. The van der Waals surface area contributed by atoms with Crippen molar-refractivity contribution in [2.45, 2.75) is 217 Å². The number of amides is 7. The third kappa shape index (κ3) is 27.5. The van der Waals surface area contributed by atoms with Gasteiger partial charge in [-0.2, -0.15) is 0 Å². The predicted octanol–water partition coefficient (Wildman–Crippen LogP) is 6.29. The van der Waals surface area contributed by atoms with Gasteiger partial charge in [-0.05, 0) is 81.6 Å². The fraction of sp³-hybridized carbons (Fsp3) is 0.800. The molecule has 0 heterocycles. The van der Waals surface area contributed by atoms with Gasteiger partial charge >= 0.3 is 11.9 Å². The highest BCUT2D eigenvalue weighted by molar-refractivity contribution is 5.98. The van der Waals surface area contributed by atoms with E-state index in [1.54, 1.807) is 89.9 Å². The Morgan fingerprint density at radius 1 is 0.532 bits per heavy atom. The van der Waals surface area contributed by atoms with E-state index >= 15 is 14.4 Å². The summed E-state index contributed by atoms with van der Waals surface area (Å²) in [6, 6.07) is -7.86. The van der Waals surface area contributed by atoms with Crippen LogP contribution in [0.3, 0.4) is 0 Å². The average molecular weight is 1330 g/mol. The molecular formula is C70H124N8O16. The molecule has 0 aliphatic heterocycles. The summed E-state index contributed by atoms with van der Waals surface area (Å²) in [4.78, 5) is 177. The van der Waals surface area contributed by atoms with Crippen LogP contribution in [-0.2, 0) is 76.5 Å². The monoisotopic (exact) mass is 1330 g/mol. The molecule has 2 N–H and O–H groups in total. The van der Waals surface area contributed by atoms with Crippen molar-refractivity contribution in [2.75, 3.05) is 89.9 Å². The number of rotatable bonds is 45. The molecule has 0 spiro atoms. The SMILES string of the molecule is C/C=C/C[C@@H](C)[C@@H](OC(C)=O)[C@@H](C(=O)N[C@@H](CC)C(=O)OCCN(C)C(C)=O)N(C)C(=O)[C@H](C(C)C)N(C)C(=O)[C@H](CC(C)C)N(C)C(=O)[C@H](CC(C)C)N(C)C(=O)[C@@H](C)CC(=O)[C@H](C)CC(=O)[C@H](CC(C)C)N(C)C(=O)[C@@H](CC(=O)[C@@H](NC)C(COC)COC)C(C)C. The fourth-order valence-corrected chi connectivity index (χ4v) is 11.9. The summed E-state index contributed by atoms with van der Waals surface area (Å²) in [6.07, 6.45) is 2.81. The molecule has 0 aromatic heterocycles. The highest BCUT2D eigenvalue weighted by Gasteiger charge is 2.47. The van der Waals surface area contributed by atoms with Crippen LogP contribution in [0.1, 0.15) is 169 Å². The maximum Gasteiger partial charge on any atom is 0.328 e. The molecule has 24 heteroatoms. The molecule has 0 aliphatic carbocycles. The molecule has 0 saturated carbocycles. The van der Waals surface area contributed by atoms with Gasteiger partial charge in [0.1, 0.15) is 48.7 Å². The van der Waals surface area contributed by atoms with Crippen molar-refractivity contribution in [1.82, 2.24) is 40.0 Å². The summed E-state index contributed by atoms with van der Waals surface area (Å²) >= 11 is 0. The zero-order chi connectivity index (χ0) is 72.9. The largest absolute Gasteiger partial charge is 0.462 e. The standard InChI is InChI=1S/C70H124N8O16/c1-27-29-30-46(13)63(94-50(17)80)62(64(84)72-53(28-2)70(90)93-32-31-73(19)49(16)79)78(24)69(89)61(45(11)12)77(23)68(88)56(35-43(7)8)76(22)67(87)55(34-42(5)6)75(21)65(85)48(15)37-57(81)47(14)36-58(82)54(33-41(3)4)74(20)66(86)52(44(9)10)38-59(83)60(71-18)51(39-91-25)40-92-26/h27,29,41-48,51-56,60-63,71H,28,30-40H2,1-26H3,(H,72,84)/b29-27+/t46-,47-,48+,52+,53+,54+,55+,56+,60+,61+,62+,63-/m1/s1. The van der Waals surface area contributed by atoms with Gasteiger partial charge in [-0.3, -0.25) is 52.7 Å². The summed E-state index contributed by atoms with van der Waals surface area (Å²) in [6.45, 7) is 30.0. The molecule has 0 aliphatic rings. The number of Topliss-reactive ketones (excluding diaryl/α,β-unsaturated/α-hetero) is 3. The van der Waals surface area contributed by atoms with Crippen molar-refractivity contribution in [3.63, 3.8) is 0 Å². The second-order valence-electron chi connectivity index (χ2n) is 27.9. The maximum absolute atomic E-state index is 15.3. The molecule has 12 atom stereocenters. The van der Waals surface area contributed by atoms with Crippen molar-refractivity contribution < 1.29 is 76.5 Å². The summed E-state index contributed by atoms with van der Waals surface area (Å²) in [5.41, 5.74) is 0. The summed E-state index contributed by atoms with van der Waals surface area (Å²) < 4.78 is 22.0. The molecule has 0 aromatic rings. The first-order chi connectivity index (χ1) is 43.6. The highest BCUT2D eigenvalue weighted by atomic mass is 16.5. The van der Waals surface area contributed by atoms with Gasteiger partial charge in [0.05, 0.1) is 31.8 Å². The number of hydrogen-bond donors (Lipinski definition) is 2. The van der Waals surface area contributed by atoms with Crippen LogP contribution in [0.15, 0.2) is 12.2 Å². The lowest BCUT2D eigenvalue weighted by molar-refractivity contribution is -0.164. The normalized spacial score (nSPS) is 15.7. The van der Waals surface area contributed by atoms with Gasteiger partial charge in [-0.15, -0.1) is 0 Å². The van der Waals surface area contributed by atoms with Crippen molar-refractivity contribution in [3.8, 4) is 0 Å². The van der Waals surface area contributed by atoms with Crippen molar-refractivity contribution >= 4 is 70.6 Å². The Balaban J connectivity index is 7.14. The van der Waals surface area contributed by atoms with E-state index in [0.29, 0.717) is 12.8 Å². The van der Waals surface area contributed by atoms with Crippen LogP contribution >= 0.6 is 0 Å². The van der Waals surface area contributed by atoms with E-state index in [9.17, 15) is 43.2 Å². The molecule has 0 fully saturated rings. The third-order valence-corrected chi connectivity index (χ3v) is 17.7. The van der Waals surface area contributed by atoms with E-state index in [1.165, 1.54) is 66.5 Å². The predicted molar refractivity (Wildman–Crippen MR) is 362 cm³/mol. The zero-order valence-corrected chi connectivity index (χ0v) is 62.2. The van der Waals surface area contributed by atoms with E-state index in [4.69, 9.17) is 18.9 Å². The molecule has 24 nitrogen and oxygen atoms in total. The third-order valence-electron chi connectivity index (χ3n) is 17.7. The van der Waals surface area contributed by atoms with E-state index in [0.717, 1.165) is 4.90 Å². The molecule has 0 saturated heterocycles.